The molecule has 2 fully saturated rings. The second kappa shape index (κ2) is 7.11. The highest BCUT2D eigenvalue weighted by molar-refractivity contribution is 7.91. The normalized spacial score (nSPS) is 25.5. The molecule has 2 aromatic carbocycles. The number of halogens is 1. The summed E-state index contributed by atoms with van der Waals surface area (Å²) in [5, 5.41) is 10.8. The molecule has 0 spiro atoms. The van der Waals surface area contributed by atoms with Crippen molar-refractivity contribution < 1.29 is 27.5 Å². The van der Waals surface area contributed by atoms with Gasteiger partial charge in [-0.05, 0) is 12.5 Å². The molecular formula is C21H18FNO5S. The molecule has 0 aromatic heterocycles. The molecule has 2 aliphatic heterocycles. The molecule has 1 amide bonds. The van der Waals surface area contributed by atoms with Crippen LogP contribution in [-0.4, -0.2) is 47.7 Å². The number of sulfone groups is 1. The van der Waals surface area contributed by atoms with Gasteiger partial charge in [0.2, 0.25) is 0 Å². The Kier molecular flexibility index (Phi) is 4.74. The van der Waals surface area contributed by atoms with Crippen molar-refractivity contribution in [3.05, 3.63) is 77.1 Å². The Hall–Kier alpha value is -3.00. The van der Waals surface area contributed by atoms with Gasteiger partial charge < -0.3 is 10.0 Å². The van der Waals surface area contributed by atoms with E-state index >= 15 is 0 Å². The number of Topliss-reactive ketones (excluding diaryl/α,β-unsaturated/α-hetero) is 1. The number of benzene rings is 2. The van der Waals surface area contributed by atoms with Gasteiger partial charge in [0.05, 0.1) is 23.1 Å². The van der Waals surface area contributed by atoms with Crippen LogP contribution in [0.4, 0.5) is 4.39 Å². The van der Waals surface area contributed by atoms with Crippen LogP contribution in [0.5, 0.6) is 0 Å². The number of aliphatic hydroxyl groups excluding tert-OH is 1. The number of carbonyl (C=O) groups is 2. The van der Waals surface area contributed by atoms with Gasteiger partial charge in [0.15, 0.2) is 9.84 Å². The lowest BCUT2D eigenvalue weighted by Gasteiger charge is -2.30. The third-order valence-corrected chi connectivity index (χ3v) is 7.08. The monoisotopic (exact) mass is 415 g/mol. The molecule has 0 bridgehead atoms. The van der Waals surface area contributed by atoms with Crippen LogP contribution in [0.2, 0.25) is 0 Å². The molecule has 2 saturated heterocycles. The van der Waals surface area contributed by atoms with E-state index in [9.17, 15) is 27.5 Å². The summed E-state index contributed by atoms with van der Waals surface area (Å²) in [7, 11) is -3.36. The largest absolute Gasteiger partial charge is 0.507 e. The standard InChI is InChI=1S/C21H18FNO5S/c22-16-9-5-4-8-15(16)18-17(19(24)13-6-2-1-3-7-13)20(25)21(26)23(18)14-10-11-29(27,28)12-14/h1-9,14,18,24H,10-12H2/b19-17+. The maximum atomic E-state index is 14.7. The zero-order valence-corrected chi connectivity index (χ0v) is 16.1. The minimum absolute atomic E-state index is 0.0356. The Morgan fingerprint density at radius 3 is 2.31 bits per heavy atom. The predicted octanol–water partition coefficient (Wildman–Crippen LogP) is 2.43. The Balaban J connectivity index is 1.92. The number of ketones is 1. The SMILES string of the molecule is O=C1C(=O)N(C2CCS(=O)(=O)C2)C(c2ccccc2F)/C1=C(\O)c1ccccc1. The molecule has 2 atom stereocenters. The molecular weight excluding hydrogens is 397 g/mol. The van der Waals surface area contributed by atoms with Gasteiger partial charge in [0.1, 0.15) is 11.6 Å². The van der Waals surface area contributed by atoms with E-state index in [2.05, 4.69) is 0 Å². The predicted molar refractivity (Wildman–Crippen MR) is 104 cm³/mol. The van der Waals surface area contributed by atoms with Crippen LogP contribution in [0, 0.1) is 5.82 Å². The van der Waals surface area contributed by atoms with E-state index in [-0.39, 0.29) is 29.1 Å². The lowest BCUT2D eigenvalue weighted by molar-refractivity contribution is -0.141. The van der Waals surface area contributed by atoms with Crippen LogP contribution < -0.4 is 0 Å². The van der Waals surface area contributed by atoms with E-state index in [1.165, 1.54) is 18.2 Å². The van der Waals surface area contributed by atoms with Gasteiger partial charge >= 0.3 is 0 Å². The lowest BCUT2D eigenvalue weighted by atomic mass is 9.94. The highest BCUT2D eigenvalue weighted by atomic mass is 32.2. The van der Waals surface area contributed by atoms with Gasteiger partial charge in [0, 0.05) is 17.2 Å². The highest BCUT2D eigenvalue weighted by Gasteiger charge is 2.51. The van der Waals surface area contributed by atoms with Crippen LogP contribution in [0.25, 0.3) is 5.76 Å². The third kappa shape index (κ3) is 3.33. The van der Waals surface area contributed by atoms with Crippen LogP contribution in [0.15, 0.2) is 60.2 Å². The lowest BCUT2D eigenvalue weighted by Crippen LogP contribution is -2.40. The number of hydrogen-bond acceptors (Lipinski definition) is 5. The molecule has 2 heterocycles. The van der Waals surface area contributed by atoms with E-state index in [1.54, 1.807) is 36.4 Å². The third-order valence-electron chi connectivity index (χ3n) is 5.33. The summed E-state index contributed by atoms with van der Waals surface area (Å²) >= 11 is 0. The van der Waals surface area contributed by atoms with Crippen LogP contribution >= 0.6 is 0 Å². The Morgan fingerprint density at radius 2 is 1.69 bits per heavy atom. The molecule has 2 unspecified atom stereocenters. The molecule has 1 N–H and O–H groups in total. The fourth-order valence-corrected chi connectivity index (χ4v) is 5.69. The molecule has 2 aliphatic rings. The summed E-state index contributed by atoms with van der Waals surface area (Å²) in [6.45, 7) is 0. The summed E-state index contributed by atoms with van der Waals surface area (Å²) in [6.07, 6.45) is 0.158. The topological polar surface area (TPSA) is 91.8 Å². The molecule has 0 radical (unpaired) electrons. The minimum atomic E-state index is -3.36. The first kappa shape index (κ1) is 19.3. The van der Waals surface area contributed by atoms with Crippen molar-refractivity contribution >= 4 is 27.3 Å². The molecule has 29 heavy (non-hydrogen) atoms. The van der Waals surface area contributed by atoms with Gasteiger partial charge in [-0.25, -0.2) is 12.8 Å². The van der Waals surface area contributed by atoms with E-state index in [0.717, 1.165) is 4.90 Å². The molecule has 4 rings (SSSR count). The quantitative estimate of drug-likeness (QED) is 0.472. The van der Waals surface area contributed by atoms with Crippen LogP contribution in [0.1, 0.15) is 23.6 Å². The summed E-state index contributed by atoms with van der Waals surface area (Å²) in [6, 6.07) is 11.9. The van der Waals surface area contributed by atoms with Crippen molar-refractivity contribution in [3.8, 4) is 0 Å². The summed E-state index contributed by atoms with van der Waals surface area (Å²) in [4.78, 5) is 26.8. The molecule has 2 aromatic rings. The average Bonchev–Trinajstić information content (AvgIpc) is 3.19. The second-order valence-corrected chi connectivity index (χ2v) is 9.38. The number of carbonyl (C=O) groups excluding carboxylic acids is 2. The first-order valence-corrected chi connectivity index (χ1v) is 10.9. The van der Waals surface area contributed by atoms with Crippen molar-refractivity contribution in [2.45, 2.75) is 18.5 Å². The molecule has 0 aliphatic carbocycles. The van der Waals surface area contributed by atoms with Crippen molar-refractivity contribution in [1.82, 2.24) is 4.90 Å². The first-order valence-electron chi connectivity index (χ1n) is 9.10. The van der Waals surface area contributed by atoms with E-state index in [1.807, 2.05) is 0 Å². The minimum Gasteiger partial charge on any atom is -0.507 e. The Labute approximate surface area is 167 Å². The van der Waals surface area contributed by atoms with Crippen molar-refractivity contribution in [1.29, 1.82) is 0 Å². The van der Waals surface area contributed by atoms with Crippen molar-refractivity contribution in [2.75, 3.05) is 11.5 Å². The maximum Gasteiger partial charge on any atom is 0.295 e. The molecule has 150 valence electrons. The van der Waals surface area contributed by atoms with Crippen LogP contribution in [-0.2, 0) is 19.4 Å². The highest BCUT2D eigenvalue weighted by Crippen LogP contribution is 2.42. The van der Waals surface area contributed by atoms with E-state index in [0.29, 0.717) is 5.56 Å². The van der Waals surface area contributed by atoms with Gasteiger partial charge in [-0.1, -0.05) is 48.5 Å². The molecule has 8 heteroatoms. The number of rotatable bonds is 3. The van der Waals surface area contributed by atoms with Crippen molar-refractivity contribution in [2.24, 2.45) is 0 Å². The summed E-state index contributed by atoms with van der Waals surface area (Å²) in [5.74, 6) is -3.36. The number of hydrogen-bond donors (Lipinski definition) is 1. The van der Waals surface area contributed by atoms with Crippen LogP contribution in [0.3, 0.4) is 0 Å². The average molecular weight is 415 g/mol. The van der Waals surface area contributed by atoms with E-state index in [4.69, 9.17) is 0 Å². The van der Waals surface area contributed by atoms with E-state index < -0.39 is 45.2 Å². The molecule has 6 nitrogen and oxygen atoms in total. The smallest absolute Gasteiger partial charge is 0.295 e. The van der Waals surface area contributed by atoms with Gasteiger partial charge in [-0.2, -0.15) is 0 Å². The Bertz CT molecular complexity index is 1130. The van der Waals surface area contributed by atoms with Gasteiger partial charge in [0.25, 0.3) is 11.7 Å². The van der Waals surface area contributed by atoms with Gasteiger partial charge in [-0.15, -0.1) is 0 Å². The number of amides is 1. The second-order valence-electron chi connectivity index (χ2n) is 7.15. The van der Waals surface area contributed by atoms with Crippen molar-refractivity contribution in [3.63, 3.8) is 0 Å². The Morgan fingerprint density at radius 1 is 1.03 bits per heavy atom. The number of aliphatic hydroxyl groups is 1. The summed E-state index contributed by atoms with van der Waals surface area (Å²) < 4.78 is 38.6. The fourth-order valence-electron chi connectivity index (χ4n) is 3.98. The maximum absolute atomic E-state index is 14.7. The number of nitrogens with zero attached hydrogens (tertiary/aromatic N) is 1. The zero-order chi connectivity index (χ0) is 20.8. The first-order chi connectivity index (χ1) is 13.8. The van der Waals surface area contributed by atoms with Gasteiger partial charge in [-0.3, -0.25) is 9.59 Å². The zero-order valence-electron chi connectivity index (χ0n) is 15.3. The fraction of sp³-hybridized carbons (Fsp3) is 0.238. The summed E-state index contributed by atoms with van der Waals surface area (Å²) in [5.41, 5.74) is 0.106. The number of likely N-dealkylation sites (tertiary alicyclic amines) is 1. The molecule has 0 saturated carbocycles.